The molecular formula is C23H23N5O6S. The van der Waals surface area contributed by atoms with E-state index in [0.29, 0.717) is 18.8 Å². The minimum atomic E-state index is -3.67. The summed E-state index contributed by atoms with van der Waals surface area (Å²) in [6, 6.07) is 12.7. The van der Waals surface area contributed by atoms with Crippen LogP contribution >= 0.6 is 0 Å². The van der Waals surface area contributed by atoms with Crippen LogP contribution in [0.4, 0.5) is 0 Å². The molecule has 0 spiro atoms. The number of carbonyl (C=O) groups excluding carboxylic acids is 1. The molecule has 0 saturated carbocycles. The zero-order chi connectivity index (χ0) is 24.7. The number of ether oxygens (including phenoxy) is 1. The maximum atomic E-state index is 13.2. The van der Waals surface area contributed by atoms with Gasteiger partial charge in [-0.25, -0.2) is 17.9 Å². The normalized spacial score (nSPS) is 15.6. The molecule has 1 aliphatic heterocycles. The second kappa shape index (κ2) is 8.87. The predicted octanol–water partition coefficient (Wildman–Crippen LogP) is 1.60. The number of hydrogen-bond donors (Lipinski definition) is 0. The highest BCUT2D eigenvalue weighted by Crippen LogP contribution is 2.23. The Bertz CT molecular complexity index is 1600. The zero-order valence-corrected chi connectivity index (χ0v) is 20.0. The van der Waals surface area contributed by atoms with Gasteiger partial charge in [0.1, 0.15) is 5.76 Å². The molecule has 2 aromatic heterocycles. The van der Waals surface area contributed by atoms with Crippen LogP contribution in [0.5, 0.6) is 0 Å². The van der Waals surface area contributed by atoms with E-state index in [2.05, 4.69) is 10.3 Å². The van der Waals surface area contributed by atoms with Crippen molar-refractivity contribution < 1.29 is 22.5 Å². The lowest BCUT2D eigenvalue weighted by atomic mass is 10.1. The summed E-state index contributed by atoms with van der Waals surface area (Å²) in [5, 5.41) is 10.0. The van der Waals surface area contributed by atoms with Gasteiger partial charge in [-0.3, -0.25) is 9.69 Å². The minimum absolute atomic E-state index is 0.00424. The SMILES string of the molecule is COC(=O)c1nn(CN2CCN(S(=O)(=O)c3ccc4ccccc4c3)CC2)c(=O)c2noc(C)c12. The number of benzene rings is 2. The molecule has 0 bridgehead atoms. The molecule has 11 nitrogen and oxygen atoms in total. The number of nitrogens with zero attached hydrogens (tertiary/aromatic N) is 5. The molecule has 0 radical (unpaired) electrons. The summed E-state index contributed by atoms with van der Waals surface area (Å²) in [5.41, 5.74) is -0.565. The molecule has 1 aliphatic rings. The number of hydrogen-bond acceptors (Lipinski definition) is 9. The molecule has 35 heavy (non-hydrogen) atoms. The lowest BCUT2D eigenvalue weighted by Crippen LogP contribution is -2.50. The predicted molar refractivity (Wildman–Crippen MR) is 126 cm³/mol. The smallest absolute Gasteiger partial charge is 0.359 e. The maximum Gasteiger partial charge on any atom is 0.359 e. The molecular weight excluding hydrogens is 474 g/mol. The fourth-order valence-electron chi connectivity index (χ4n) is 4.25. The van der Waals surface area contributed by atoms with Gasteiger partial charge < -0.3 is 9.26 Å². The number of rotatable bonds is 5. The third-order valence-corrected chi connectivity index (χ3v) is 8.05. The van der Waals surface area contributed by atoms with E-state index in [0.717, 1.165) is 15.5 Å². The van der Waals surface area contributed by atoms with Gasteiger partial charge in [-0.05, 0) is 29.8 Å². The summed E-state index contributed by atoms with van der Waals surface area (Å²) in [6.07, 6.45) is 0. The Morgan fingerprint density at radius 1 is 1.09 bits per heavy atom. The first-order valence-corrected chi connectivity index (χ1v) is 12.4. The van der Waals surface area contributed by atoms with Gasteiger partial charge in [-0.2, -0.15) is 9.40 Å². The van der Waals surface area contributed by atoms with Crippen molar-refractivity contribution in [3.8, 4) is 0 Å². The molecule has 0 unspecified atom stereocenters. The number of carbonyl (C=O) groups is 1. The number of aryl methyl sites for hydroxylation is 1. The van der Waals surface area contributed by atoms with Crippen molar-refractivity contribution in [1.29, 1.82) is 0 Å². The Morgan fingerprint density at radius 3 is 2.51 bits per heavy atom. The molecule has 0 amide bonds. The quantitative estimate of drug-likeness (QED) is 0.378. The molecule has 3 heterocycles. The van der Waals surface area contributed by atoms with Crippen molar-refractivity contribution in [2.24, 2.45) is 0 Å². The Kier molecular flexibility index (Phi) is 5.87. The van der Waals surface area contributed by atoms with Crippen LogP contribution in [0.15, 0.2) is 56.7 Å². The molecule has 1 saturated heterocycles. The highest BCUT2D eigenvalue weighted by molar-refractivity contribution is 7.89. The van der Waals surface area contributed by atoms with E-state index in [9.17, 15) is 18.0 Å². The fourth-order valence-corrected chi connectivity index (χ4v) is 5.71. The van der Waals surface area contributed by atoms with Crippen LogP contribution in [0.25, 0.3) is 21.7 Å². The van der Waals surface area contributed by atoms with Crippen LogP contribution in [-0.2, 0) is 21.4 Å². The Morgan fingerprint density at radius 2 is 1.80 bits per heavy atom. The van der Waals surface area contributed by atoms with Crippen molar-refractivity contribution in [3.63, 3.8) is 0 Å². The maximum absolute atomic E-state index is 13.2. The molecule has 0 N–H and O–H groups in total. The summed E-state index contributed by atoms with van der Waals surface area (Å²) in [7, 11) is -2.44. The monoisotopic (exact) mass is 497 g/mol. The van der Waals surface area contributed by atoms with Crippen molar-refractivity contribution >= 4 is 37.7 Å². The molecule has 182 valence electrons. The number of fused-ring (bicyclic) bond motifs is 2. The van der Waals surface area contributed by atoms with Crippen LogP contribution in [0.1, 0.15) is 16.2 Å². The van der Waals surface area contributed by atoms with E-state index in [-0.39, 0.29) is 41.3 Å². The largest absolute Gasteiger partial charge is 0.464 e. The molecule has 5 rings (SSSR count). The van der Waals surface area contributed by atoms with Crippen molar-refractivity contribution in [3.05, 3.63) is 64.3 Å². The summed E-state index contributed by atoms with van der Waals surface area (Å²) >= 11 is 0. The number of sulfonamides is 1. The van der Waals surface area contributed by atoms with Gasteiger partial charge in [0.05, 0.1) is 24.1 Å². The first-order chi connectivity index (χ1) is 16.8. The molecule has 2 aromatic carbocycles. The van der Waals surface area contributed by atoms with E-state index in [1.165, 1.54) is 11.4 Å². The van der Waals surface area contributed by atoms with Crippen LogP contribution in [0.2, 0.25) is 0 Å². The number of methoxy groups -OCH3 is 1. The van der Waals surface area contributed by atoms with Gasteiger partial charge in [0.25, 0.3) is 5.56 Å². The average molecular weight is 498 g/mol. The lowest BCUT2D eigenvalue weighted by Gasteiger charge is -2.33. The van der Waals surface area contributed by atoms with E-state index < -0.39 is 21.6 Å². The van der Waals surface area contributed by atoms with Gasteiger partial charge in [-0.1, -0.05) is 35.5 Å². The third kappa shape index (κ3) is 4.09. The zero-order valence-electron chi connectivity index (χ0n) is 19.2. The molecule has 4 aromatic rings. The molecule has 0 aliphatic carbocycles. The Labute approximate surface area is 200 Å². The number of aromatic nitrogens is 3. The second-order valence-electron chi connectivity index (χ2n) is 8.28. The average Bonchev–Trinajstić information content (AvgIpc) is 3.27. The first-order valence-electron chi connectivity index (χ1n) is 11.0. The lowest BCUT2D eigenvalue weighted by molar-refractivity contribution is 0.0590. The van der Waals surface area contributed by atoms with Crippen LogP contribution < -0.4 is 5.56 Å². The summed E-state index contributed by atoms with van der Waals surface area (Å²) in [5.74, 6) is -0.411. The first kappa shape index (κ1) is 23.1. The van der Waals surface area contributed by atoms with E-state index in [1.54, 1.807) is 25.1 Å². The number of esters is 1. The van der Waals surface area contributed by atoms with E-state index >= 15 is 0 Å². The second-order valence-corrected chi connectivity index (χ2v) is 10.2. The van der Waals surface area contributed by atoms with Crippen molar-refractivity contribution in [1.82, 2.24) is 24.1 Å². The van der Waals surface area contributed by atoms with E-state index in [4.69, 9.17) is 9.26 Å². The fraction of sp³-hybridized carbons (Fsp3) is 0.304. The highest BCUT2D eigenvalue weighted by Gasteiger charge is 2.30. The summed E-state index contributed by atoms with van der Waals surface area (Å²) in [6.45, 7) is 2.91. The highest BCUT2D eigenvalue weighted by atomic mass is 32.2. The molecule has 0 atom stereocenters. The standard InChI is InChI=1S/C23H23N5O6S/c1-15-19-20(25-34-15)22(29)28(24-21(19)23(30)33-2)14-26-9-11-27(12-10-26)35(31,32)18-8-7-16-5-3-4-6-17(16)13-18/h3-8,13H,9-12,14H2,1-2H3. The van der Waals surface area contributed by atoms with Gasteiger partial charge in [0.15, 0.2) is 11.2 Å². The summed E-state index contributed by atoms with van der Waals surface area (Å²) < 4.78 is 38.9. The van der Waals surface area contributed by atoms with Crippen LogP contribution in [-0.4, -0.2) is 71.8 Å². The van der Waals surface area contributed by atoms with Gasteiger partial charge in [-0.15, -0.1) is 0 Å². The van der Waals surface area contributed by atoms with Crippen LogP contribution in [0.3, 0.4) is 0 Å². The molecule has 12 heteroatoms. The van der Waals surface area contributed by atoms with Crippen LogP contribution in [0, 0.1) is 6.92 Å². The van der Waals surface area contributed by atoms with Gasteiger partial charge >= 0.3 is 5.97 Å². The topological polar surface area (TPSA) is 128 Å². The third-order valence-electron chi connectivity index (χ3n) is 6.16. The molecule has 1 fully saturated rings. The van der Waals surface area contributed by atoms with Gasteiger partial charge in [0, 0.05) is 26.2 Å². The van der Waals surface area contributed by atoms with Crippen molar-refractivity contribution in [2.45, 2.75) is 18.5 Å². The number of piperazine rings is 1. The summed E-state index contributed by atoms with van der Waals surface area (Å²) in [4.78, 5) is 27.3. The Balaban J connectivity index is 1.35. The van der Waals surface area contributed by atoms with E-state index in [1.807, 2.05) is 29.2 Å². The van der Waals surface area contributed by atoms with Crippen molar-refractivity contribution in [2.75, 3.05) is 33.3 Å². The Hall–Kier alpha value is -3.61. The minimum Gasteiger partial charge on any atom is -0.464 e. The van der Waals surface area contributed by atoms with Gasteiger partial charge in [0.2, 0.25) is 10.0 Å².